The molecule has 0 fully saturated rings. The van der Waals surface area contributed by atoms with Crippen LogP contribution in [0, 0.1) is 0 Å². The second-order valence-electron chi connectivity index (χ2n) is 8.06. The Morgan fingerprint density at radius 2 is 1.56 bits per heavy atom. The Hall–Kier alpha value is -2.51. The van der Waals surface area contributed by atoms with E-state index in [1.807, 2.05) is 12.1 Å². The first-order valence-corrected chi connectivity index (χ1v) is 14.1. The fraction of sp³-hybridized carbons (Fsp3) is 0.185. The number of carbonyl (C=O) groups excluding carboxylic acids is 2. The minimum atomic E-state index is -0.762. The number of hydrogen-bond acceptors (Lipinski definition) is 3. The zero-order valence-electron chi connectivity index (χ0n) is 17.7. The summed E-state index contributed by atoms with van der Waals surface area (Å²) in [5, 5.41) is 6.33. The van der Waals surface area contributed by atoms with E-state index in [0.29, 0.717) is 6.42 Å². The van der Waals surface area contributed by atoms with Gasteiger partial charge in [-0.1, -0.05) is 0 Å². The maximum absolute atomic E-state index is 12.9. The van der Waals surface area contributed by atoms with E-state index in [0.717, 1.165) is 9.99 Å². The third-order valence-electron chi connectivity index (χ3n) is 6.08. The van der Waals surface area contributed by atoms with Crippen molar-refractivity contribution in [1.29, 1.82) is 0 Å². The number of ketones is 1. The van der Waals surface area contributed by atoms with Gasteiger partial charge in [0.2, 0.25) is 0 Å². The van der Waals surface area contributed by atoms with Crippen LogP contribution in [-0.4, -0.2) is 20.2 Å². The van der Waals surface area contributed by atoms with Crippen LogP contribution in [0.25, 0.3) is 21.2 Å². The Labute approximate surface area is 202 Å². The SMILES string of the molecule is CC(=O)[C@@H](Cc1csc2ccccc12)NC(=O)[I-]CC1c2ccccc2-c2ccccc21. The van der Waals surface area contributed by atoms with Crippen LogP contribution in [0.5, 0.6) is 0 Å². The van der Waals surface area contributed by atoms with Gasteiger partial charge in [0.15, 0.2) is 0 Å². The molecule has 5 heteroatoms. The number of alkyl halides is 1. The molecule has 1 heterocycles. The van der Waals surface area contributed by atoms with Crippen LogP contribution in [0.3, 0.4) is 0 Å². The van der Waals surface area contributed by atoms with Crippen molar-refractivity contribution in [1.82, 2.24) is 5.32 Å². The summed E-state index contributed by atoms with van der Waals surface area (Å²) in [5.41, 5.74) is 6.32. The Bertz CT molecular complexity index is 1270. The van der Waals surface area contributed by atoms with Crippen molar-refractivity contribution in [2.75, 3.05) is 4.43 Å². The second-order valence-corrected chi connectivity index (χ2v) is 11.6. The molecule has 32 heavy (non-hydrogen) atoms. The molecule has 1 amide bonds. The molecule has 3 aromatic carbocycles. The van der Waals surface area contributed by atoms with Crippen LogP contribution < -0.4 is 26.5 Å². The molecule has 0 spiro atoms. The van der Waals surface area contributed by atoms with Crippen LogP contribution in [0.2, 0.25) is 0 Å². The average Bonchev–Trinajstić information content (AvgIpc) is 3.36. The summed E-state index contributed by atoms with van der Waals surface area (Å²) < 4.78 is 2.10. The number of thiophene rings is 1. The molecule has 1 N–H and O–H groups in total. The monoisotopic (exact) mass is 552 g/mol. The van der Waals surface area contributed by atoms with Crippen LogP contribution in [-0.2, 0) is 11.2 Å². The van der Waals surface area contributed by atoms with E-state index in [1.54, 1.807) is 18.3 Å². The minimum absolute atomic E-state index is 0.00852. The molecule has 0 saturated carbocycles. The van der Waals surface area contributed by atoms with Gasteiger partial charge in [0.25, 0.3) is 0 Å². The van der Waals surface area contributed by atoms with Gasteiger partial charge in [0.05, 0.1) is 0 Å². The van der Waals surface area contributed by atoms with Gasteiger partial charge in [-0.05, 0) is 0 Å². The maximum atomic E-state index is 12.9. The number of amides is 1. The van der Waals surface area contributed by atoms with Gasteiger partial charge in [0, 0.05) is 0 Å². The zero-order chi connectivity index (χ0) is 22.1. The molecule has 5 rings (SSSR count). The molecule has 1 aromatic heterocycles. The first-order valence-electron chi connectivity index (χ1n) is 10.6. The molecule has 1 aliphatic rings. The van der Waals surface area contributed by atoms with Crippen molar-refractivity contribution < 1.29 is 30.8 Å². The Morgan fingerprint density at radius 1 is 0.938 bits per heavy atom. The standard InChI is InChI=1S/C27H23INO2S/c1-17(30)25(14-18-16-32-26-13-7-6-8-19(18)26)29-27(31)28-15-24-22-11-4-2-9-20(22)21-10-3-5-12-23(21)24/h2-13,16,24-25H,14-15H2,1H3,(H,29,31)/q-1/t25-/m1/s1. The third kappa shape index (κ3) is 4.11. The molecule has 0 radical (unpaired) electrons. The molecule has 0 unspecified atom stereocenters. The van der Waals surface area contributed by atoms with E-state index >= 15 is 0 Å². The van der Waals surface area contributed by atoms with Crippen LogP contribution in [0.15, 0.2) is 78.2 Å². The van der Waals surface area contributed by atoms with Gasteiger partial charge in [-0.2, -0.15) is 0 Å². The van der Waals surface area contributed by atoms with Crippen molar-refractivity contribution in [3.05, 3.63) is 94.9 Å². The van der Waals surface area contributed by atoms with Crippen LogP contribution in [0.4, 0.5) is 4.79 Å². The molecule has 1 atom stereocenters. The number of Topliss-reactive ketones (excluding diaryl/α,β-unsaturated/α-hetero) is 1. The van der Waals surface area contributed by atoms with Gasteiger partial charge in [0.1, 0.15) is 0 Å². The summed E-state index contributed by atoms with van der Waals surface area (Å²) >= 11 is 0.922. The predicted octanol–water partition coefficient (Wildman–Crippen LogP) is 3.01. The molecular weight excluding hydrogens is 529 g/mol. The summed E-state index contributed by atoms with van der Waals surface area (Å²) in [7, 11) is 0. The summed E-state index contributed by atoms with van der Waals surface area (Å²) in [5.74, 6) is 0.270. The average molecular weight is 552 g/mol. The van der Waals surface area contributed by atoms with Crippen molar-refractivity contribution in [3.63, 3.8) is 0 Å². The number of halogens is 1. The number of nitrogens with one attached hydrogen (secondary N) is 1. The van der Waals surface area contributed by atoms with E-state index in [1.165, 1.54) is 32.3 Å². The Balaban J connectivity index is 1.28. The van der Waals surface area contributed by atoms with Crippen molar-refractivity contribution in [2.24, 2.45) is 0 Å². The number of fused-ring (bicyclic) bond motifs is 4. The molecule has 0 saturated heterocycles. The Morgan fingerprint density at radius 3 is 2.25 bits per heavy atom. The first kappa shape index (κ1) is 21.3. The molecule has 162 valence electrons. The fourth-order valence-electron chi connectivity index (χ4n) is 4.46. The summed E-state index contributed by atoms with van der Waals surface area (Å²) in [6.45, 7) is 1.57. The number of hydrogen-bond donors (Lipinski definition) is 1. The van der Waals surface area contributed by atoms with Gasteiger partial charge >= 0.3 is 203 Å². The number of benzene rings is 3. The summed E-state index contributed by atoms with van der Waals surface area (Å²) in [4.78, 5) is 25.2. The predicted molar refractivity (Wildman–Crippen MR) is 127 cm³/mol. The molecular formula is C27H23INO2S-. The third-order valence-corrected chi connectivity index (χ3v) is 9.42. The van der Waals surface area contributed by atoms with Crippen LogP contribution in [0.1, 0.15) is 29.5 Å². The van der Waals surface area contributed by atoms with E-state index in [4.69, 9.17) is 0 Å². The van der Waals surface area contributed by atoms with Crippen molar-refractivity contribution >= 4 is 31.1 Å². The molecule has 4 aromatic rings. The summed E-state index contributed by atoms with van der Waals surface area (Å²) in [6.07, 6.45) is 0.546. The topological polar surface area (TPSA) is 46.2 Å². The molecule has 1 aliphatic carbocycles. The van der Waals surface area contributed by atoms with Gasteiger partial charge in [-0.25, -0.2) is 0 Å². The quantitative estimate of drug-likeness (QED) is 0.166. The molecule has 3 nitrogen and oxygen atoms in total. The normalized spacial score (nSPS) is 13.7. The van der Waals surface area contributed by atoms with E-state index in [2.05, 4.69) is 71.4 Å². The number of rotatable bonds is 7. The number of carbonyl (C=O) groups is 2. The Kier molecular flexibility index (Phi) is 6.11. The molecule has 0 bridgehead atoms. The fourth-order valence-corrected chi connectivity index (χ4v) is 7.82. The van der Waals surface area contributed by atoms with E-state index < -0.39 is 27.2 Å². The zero-order valence-corrected chi connectivity index (χ0v) is 20.7. The van der Waals surface area contributed by atoms with E-state index in [-0.39, 0.29) is 15.6 Å². The van der Waals surface area contributed by atoms with Gasteiger partial charge in [-0.3, -0.25) is 0 Å². The van der Waals surface area contributed by atoms with Gasteiger partial charge in [-0.15, -0.1) is 0 Å². The first-order chi connectivity index (χ1) is 15.6. The van der Waals surface area contributed by atoms with Gasteiger partial charge < -0.3 is 0 Å². The van der Waals surface area contributed by atoms with Crippen molar-refractivity contribution in [3.8, 4) is 11.1 Å². The van der Waals surface area contributed by atoms with Crippen molar-refractivity contribution in [2.45, 2.75) is 25.3 Å². The summed E-state index contributed by atoms with van der Waals surface area (Å²) in [6, 6.07) is 24.8. The van der Waals surface area contributed by atoms with Crippen LogP contribution >= 0.6 is 11.3 Å². The molecule has 0 aliphatic heterocycles. The second kappa shape index (κ2) is 9.16. The van der Waals surface area contributed by atoms with E-state index in [9.17, 15) is 9.59 Å².